The van der Waals surface area contributed by atoms with Crippen molar-refractivity contribution in [3.8, 4) is 0 Å². The van der Waals surface area contributed by atoms with Crippen LogP contribution in [0.1, 0.15) is 196 Å². The van der Waals surface area contributed by atoms with Crippen LogP contribution in [0.2, 0.25) is 0 Å². The van der Waals surface area contributed by atoms with Gasteiger partial charge in [-0.05, 0) is 77.0 Å². The van der Waals surface area contributed by atoms with E-state index in [1.165, 1.54) is 215 Å². The predicted molar refractivity (Wildman–Crippen MR) is 184 cm³/mol. The van der Waals surface area contributed by atoms with Gasteiger partial charge in [0.1, 0.15) is 13.1 Å². The lowest BCUT2D eigenvalue weighted by molar-refractivity contribution is -0.981. The zero-order valence-corrected chi connectivity index (χ0v) is 29.5. The van der Waals surface area contributed by atoms with E-state index in [0.717, 1.165) is 0 Å². The number of hydrogen-bond donors (Lipinski definition) is 0. The topological polar surface area (TPSA) is 0 Å². The van der Waals surface area contributed by atoms with Gasteiger partial charge in [0.05, 0.1) is 39.3 Å². The Bertz CT molecular complexity index is 381. The van der Waals surface area contributed by atoms with Crippen LogP contribution in [0.25, 0.3) is 0 Å². The monoisotopic (exact) mass is 567 g/mol. The van der Waals surface area contributed by atoms with Crippen LogP contribution in [0.4, 0.5) is 0 Å². The summed E-state index contributed by atoms with van der Waals surface area (Å²) >= 11 is 0. The molecule has 0 rings (SSSR count). The smallest absolute Gasteiger partial charge is 0.128 e. The lowest BCUT2D eigenvalue weighted by atomic mass is 10.1. The van der Waals surface area contributed by atoms with Crippen molar-refractivity contribution in [1.82, 2.24) is 0 Å². The second kappa shape index (κ2) is 29.0. The van der Waals surface area contributed by atoms with Gasteiger partial charge in [-0.15, -0.1) is 0 Å². The first-order valence-corrected chi connectivity index (χ1v) is 19.3. The van der Waals surface area contributed by atoms with Crippen LogP contribution in [-0.2, 0) is 0 Å². The Balaban J connectivity index is 5.89. The summed E-state index contributed by atoms with van der Waals surface area (Å²) in [5, 5.41) is 0. The molecule has 0 fully saturated rings. The van der Waals surface area contributed by atoms with Crippen LogP contribution in [0.3, 0.4) is 0 Å². The van der Waals surface area contributed by atoms with E-state index in [2.05, 4.69) is 41.5 Å². The maximum absolute atomic E-state index is 2.37. The van der Waals surface area contributed by atoms with E-state index < -0.39 is 0 Å². The Kier molecular flexibility index (Phi) is 29.0. The van der Waals surface area contributed by atoms with Crippen LogP contribution in [0.15, 0.2) is 0 Å². The average Bonchev–Trinajstić information content (AvgIpc) is 2.97. The highest BCUT2D eigenvalue weighted by Gasteiger charge is 2.33. The maximum Gasteiger partial charge on any atom is 0.128 e. The van der Waals surface area contributed by atoms with Gasteiger partial charge in [0, 0.05) is 0 Å². The summed E-state index contributed by atoms with van der Waals surface area (Å²) in [4.78, 5) is 0. The standard InChI is InChI=1S/C38H82N2/c1-7-13-19-25-31-39(32-26-20-14-8-2,33-27-21-15-9-3)37-38-40(34-28-22-16-10-4,35-29-23-17-11-5)36-30-24-18-12-6/h7-38H2,1-6H3/q+2. The van der Waals surface area contributed by atoms with Crippen molar-refractivity contribution in [2.75, 3.05) is 52.4 Å². The fraction of sp³-hybridized carbons (Fsp3) is 1.00. The third kappa shape index (κ3) is 21.6. The highest BCUT2D eigenvalue weighted by Crippen LogP contribution is 2.22. The molecule has 0 unspecified atom stereocenters. The lowest BCUT2D eigenvalue weighted by Crippen LogP contribution is -2.59. The molecule has 2 nitrogen and oxygen atoms in total. The average molecular weight is 567 g/mol. The first kappa shape index (κ1) is 39.9. The summed E-state index contributed by atoms with van der Waals surface area (Å²) in [6.07, 6.45) is 34.2. The molecule has 0 atom stereocenters. The fourth-order valence-electron chi connectivity index (χ4n) is 7.01. The Labute approximate surface area is 256 Å². The normalized spacial score (nSPS) is 12.4. The van der Waals surface area contributed by atoms with Crippen molar-refractivity contribution in [2.45, 2.75) is 196 Å². The Morgan fingerprint density at radius 2 is 0.375 bits per heavy atom. The van der Waals surface area contributed by atoms with E-state index in [1.807, 2.05) is 0 Å². The summed E-state index contributed by atoms with van der Waals surface area (Å²) in [5.41, 5.74) is 0. The molecule has 0 aliphatic carbocycles. The molecule has 0 aromatic rings. The Hall–Kier alpha value is -0.0800. The predicted octanol–water partition coefficient (Wildman–Crippen LogP) is 12.1. The minimum Gasteiger partial charge on any atom is -0.319 e. The summed E-state index contributed by atoms with van der Waals surface area (Å²) in [6, 6.07) is 0. The molecule has 0 aromatic carbocycles. The maximum atomic E-state index is 2.37. The third-order valence-corrected chi connectivity index (χ3v) is 9.96. The van der Waals surface area contributed by atoms with Gasteiger partial charge in [-0.3, -0.25) is 0 Å². The molecule has 0 amide bonds. The fourth-order valence-corrected chi connectivity index (χ4v) is 7.01. The number of unbranched alkanes of at least 4 members (excludes halogenated alkanes) is 18. The molecule has 2 heteroatoms. The van der Waals surface area contributed by atoms with Gasteiger partial charge >= 0.3 is 0 Å². The molecule has 0 spiro atoms. The molecule has 40 heavy (non-hydrogen) atoms. The van der Waals surface area contributed by atoms with Gasteiger partial charge in [0.25, 0.3) is 0 Å². The highest BCUT2D eigenvalue weighted by molar-refractivity contribution is 4.57. The third-order valence-electron chi connectivity index (χ3n) is 9.96. The van der Waals surface area contributed by atoms with Gasteiger partial charge in [0.15, 0.2) is 0 Å². The Morgan fingerprint density at radius 1 is 0.200 bits per heavy atom. The van der Waals surface area contributed by atoms with E-state index in [-0.39, 0.29) is 0 Å². The molecule has 0 heterocycles. The van der Waals surface area contributed by atoms with Crippen molar-refractivity contribution in [1.29, 1.82) is 0 Å². The van der Waals surface area contributed by atoms with Gasteiger partial charge in [-0.25, -0.2) is 0 Å². The van der Waals surface area contributed by atoms with Crippen LogP contribution in [0.5, 0.6) is 0 Å². The molecular formula is C38H82N2+2. The molecule has 0 radical (unpaired) electrons. The van der Waals surface area contributed by atoms with Crippen LogP contribution < -0.4 is 0 Å². The summed E-state index contributed by atoms with van der Waals surface area (Å²) < 4.78 is 2.91. The van der Waals surface area contributed by atoms with Crippen molar-refractivity contribution in [3.63, 3.8) is 0 Å². The largest absolute Gasteiger partial charge is 0.319 e. The minimum atomic E-state index is 1.36. The Morgan fingerprint density at radius 3 is 0.525 bits per heavy atom. The van der Waals surface area contributed by atoms with Crippen molar-refractivity contribution in [2.24, 2.45) is 0 Å². The van der Waals surface area contributed by atoms with Gasteiger partial charge in [0.2, 0.25) is 0 Å². The van der Waals surface area contributed by atoms with E-state index in [1.54, 1.807) is 0 Å². The quantitative estimate of drug-likeness (QED) is 0.0547. The van der Waals surface area contributed by atoms with Gasteiger partial charge < -0.3 is 8.97 Å². The zero-order chi connectivity index (χ0) is 29.6. The number of rotatable bonds is 33. The SMILES string of the molecule is CCCCCC[N+](CCCCCC)(CCCCCC)CC[N+](CCCCCC)(CCCCCC)CCCCCC. The first-order valence-electron chi connectivity index (χ1n) is 19.3. The molecule has 0 N–H and O–H groups in total. The van der Waals surface area contributed by atoms with Crippen LogP contribution in [0, 0.1) is 0 Å². The molecule has 0 bridgehead atoms. The van der Waals surface area contributed by atoms with E-state index in [9.17, 15) is 0 Å². The second-order valence-corrected chi connectivity index (χ2v) is 13.8. The molecule has 0 aliphatic rings. The van der Waals surface area contributed by atoms with E-state index >= 15 is 0 Å². The molecule has 0 saturated heterocycles. The van der Waals surface area contributed by atoms with Crippen LogP contribution in [-0.4, -0.2) is 61.3 Å². The van der Waals surface area contributed by atoms with Crippen LogP contribution >= 0.6 is 0 Å². The second-order valence-electron chi connectivity index (χ2n) is 13.8. The zero-order valence-electron chi connectivity index (χ0n) is 29.5. The summed E-state index contributed by atoms with van der Waals surface area (Å²) in [5.74, 6) is 0. The lowest BCUT2D eigenvalue weighted by Gasteiger charge is -2.45. The molecule has 0 aliphatic heterocycles. The molecule has 0 aromatic heterocycles. The first-order chi connectivity index (χ1) is 19.6. The van der Waals surface area contributed by atoms with Gasteiger partial charge in [-0.2, -0.15) is 0 Å². The van der Waals surface area contributed by atoms with Crippen molar-refractivity contribution in [3.05, 3.63) is 0 Å². The summed E-state index contributed by atoms with van der Waals surface area (Å²) in [7, 11) is 0. The number of nitrogens with zero attached hydrogens (tertiary/aromatic N) is 2. The van der Waals surface area contributed by atoms with Crippen molar-refractivity contribution >= 4 is 0 Å². The molecular weight excluding hydrogens is 484 g/mol. The van der Waals surface area contributed by atoms with Crippen molar-refractivity contribution < 1.29 is 8.97 Å². The van der Waals surface area contributed by atoms with E-state index in [0.29, 0.717) is 0 Å². The molecule has 242 valence electrons. The summed E-state index contributed by atoms with van der Waals surface area (Å²) in [6.45, 7) is 25.9. The minimum absolute atomic E-state index is 1.36. The van der Waals surface area contributed by atoms with E-state index in [4.69, 9.17) is 0 Å². The number of quaternary nitrogens is 2. The molecule has 0 saturated carbocycles. The number of hydrogen-bond acceptors (Lipinski definition) is 0. The highest BCUT2D eigenvalue weighted by atomic mass is 15.4. The van der Waals surface area contributed by atoms with Gasteiger partial charge in [-0.1, -0.05) is 119 Å².